The van der Waals surface area contributed by atoms with Crippen LogP contribution in [0.1, 0.15) is 12.8 Å². The third-order valence-electron chi connectivity index (χ3n) is 5.44. The van der Waals surface area contributed by atoms with E-state index in [1.165, 1.54) is 18.2 Å². The number of ether oxygens (including phenoxy) is 2. The van der Waals surface area contributed by atoms with Gasteiger partial charge < -0.3 is 9.47 Å². The zero-order valence-electron chi connectivity index (χ0n) is 11.7. The summed E-state index contributed by atoms with van der Waals surface area (Å²) in [6.07, 6.45) is 0.858. The Hall–Kier alpha value is -1.72. The van der Waals surface area contributed by atoms with Crippen LogP contribution in [0, 0.1) is 29.0 Å². The summed E-state index contributed by atoms with van der Waals surface area (Å²) in [4.78, 5) is 12.1. The molecule has 22 heavy (non-hydrogen) atoms. The number of carbonyl (C=O) groups is 1. The number of rotatable bonds is 5. The molecule has 0 saturated heterocycles. The highest BCUT2D eigenvalue weighted by Gasteiger charge is 2.92. The largest absolute Gasteiger partial charge is 0.487 e. The summed E-state index contributed by atoms with van der Waals surface area (Å²) in [6, 6.07) is 5.85. The molecule has 4 aliphatic rings. The van der Waals surface area contributed by atoms with Crippen molar-refractivity contribution in [3.8, 4) is 5.75 Å². The van der Waals surface area contributed by atoms with Gasteiger partial charge in [0.15, 0.2) is 11.6 Å². The minimum Gasteiger partial charge on any atom is -0.487 e. The number of alkyl halides is 2. The number of halogens is 3. The van der Waals surface area contributed by atoms with Gasteiger partial charge in [0.25, 0.3) is 5.92 Å². The third kappa shape index (κ3) is 1.55. The second kappa shape index (κ2) is 4.40. The Labute approximate surface area is 125 Å². The molecule has 0 spiro atoms. The van der Waals surface area contributed by atoms with E-state index >= 15 is 0 Å². The second-order valence-electron chi connectivity index (χ2n) is 6.29. The number of esters is 1. The highest BCUT2D eigenvalue weighted by Crippen LogP contribution is 2.84. The zero-order chi connectivity index (χ0) is 15.5. The first-order chi connectivity index (χ1) is 10.5. The molecule has 0 aliphatic heterocycles. The summed E-state index contributed by atoms with van der Waals surface area (Å²) in [7, 11) is 0. The predicted molar refractivity (Wildman–Crippen MR) is 69.9 cm³/mol. The van der Waals surface area contributed by atoms with Gasteiger partial charge in [-0.25, -0.2) is 13.2 Å². The minimum absolute atomic E-state index is 0.0504. The van der Waals surface area contributed by atoms with Gasteiger partial charge in [-0.05, 0) is 36.8 Å². The van der Waals surface area contributed by atoms with E-state index in [1.54, 1.807) is 6.07 Å². The van der Waals surface area contributed by atoms with Crippen LogP contribution < -0.4 is 4.74 Å². The van der Waals surface area contributed by atoms with Crippen LogP contribution >= 0.6 is 0 Å². The number of para-hydroxylation sites is 1. The summed E-state index contributed by atoms with van der Waals surface area (Å²) in [6.45, 7) is -0.220. The Morgan fingerprint density at radius 1 is 1.18 bits per heavy atom. The number of hydrogen-bond acceptors (Lipinski definition) is 3. The first-order valence-electron chi connectivity index (χ1n) is 7.42. The fraction of sp³-hybridized carbons (Fsp3) is 0.562. The maximum absolute atomic E-state index is 14.2. The smallest absolute Gasteiger partial charge is 0.318 e. The molecule has 4 saturated carbocycles. The molecule has 0 radical (unpaired) electrons. The molecular weight excluding hydrogens is 297 g/mol. The molecule has 1 aromatic carbocycles. The zero-order valence-corrected chi connectivity index (χ0v) is 11.7. The van der Waals surface area contributed by atoms with Gasteiger partial charge in [0, 0.05) is 5.92 Å². The standard InChI is InChI=1S/C16H15F3O3/c17-12-3-1-2-4-13(12)21-5-6-22-14(20)15-10-7-9(8-11(10)15)16(15,18)19/h1-4,9-11H,5-8H2. The summed E-state index contributed by atoms with van der Waals surface area (Å²) >= 11 is 0. The van der Waals surface area contributed by atoms with Crippen LogP contribution in [-0.4, -0.2) is 25.1 Å². The molecule has 0 heterocycles. The lowest BCUT2D eigenvalue weighted by molar-refractivity contribution is -0.168. The van der Waals surface area contributed by atoms with Crippen LogP contribution in [0.25, 0.3) is 0 Å². The molecule has 118 valence electrons. The van der Waals surface area contributed by atoms with Gasteiger partial charge in [-0.1, -0.05) is 12.1 Å². The van der Waals surface area contributed by atoms with E-state index in [2.05, 4.69) is 0 Å². The van der Waals surface area contributed by atoms with Crippen LogP contribution in [-0.2, 0) is 9.53 Å². The van der Waals surface area contributed by atoms with Gasteiger partial charge in [-0.15, -0.1) is 0 Å². The molecular formula is C16H15F3O3. The molecule has 2 unspecified atom stereocenters. The SMILES string of the molecule is O=C(OCCOc1ccccc1F)C12C3CC(CC31)C2(F)F. The van der Waals surface area contributed by atoms with Crippen molar-refractivity contribution in [2.24, 2.45) is 23.2 Å². The molecule has 0 amide bonds. The van der Waals surface area contributed by atoms with Crippen molar-refractivity contribution >= 4 is 5.97 Å². The van der Waals surface area contributed by atoms with Crippen molar-refractivity contribution in [1.29, 1.82) is 0 Å². The molecule has 0 aromatic heterocycles. The van der Waals surface area contributed by atoms with E-state index in [1.807, 2.05) is 0 Å². The van der Waals surface area contributed by atoms with Crippen molar-refractivity contribution < 1.29 is 27.4 Å². The summed E-state index contributed by atoms with van der Waals surface area (Å²) in [5, 5.41) is 0. The first-order valence-corrected chi connectivity index (χ1v) is 7.42. The molecule has 6 heteroatoms. The number of hydrogen-bond donors (Lipinski definition) is 0. The molecule has 3 nitrogen and oxygen atoms in total. The van der Waals surface area contributed by atoms with Gasteiger partial charge in [0.2, 0.25) is 0 Å². The van der Waals surface area contributed by atoms with E-state index in [0.29, 0.717) is 12.8 Å². The first kappa shape index (κ1) is 13.9. The van der Waals surface area contributed by atoms with E-state index in [0.717, 1.165) is 0 Å². The van der Waals surface area contributed by atoms with Crippen molar-refractivity contribution in [2.75, 3.05) is 13.2 Å². The molecule has 4 fully saturated rings. The fourth-order valence-corrected chi connectivity index (χ4v) is 4.48. The average Bonchev–Trinajstić information content (AvgIpc) is 2.75. The Kier molecular flexibility index (Phi) is 2.78. The van der Waals surface area contributed by atoms with Crippen molar-refractivity contribution in [3.05, 3.63) is 30.1 Å². The lowest BCUT2D eigenvalue weighted by Crippen LogP contribution is -2.37. The summed E-state index contributed by atoms with van der Waals surface area (Å²) in [5.74, 6) is -5.31. The molecule has 0 N–H and O–H groups in total. The quantitative estimate of drug-likeness (QED) is 0.619. The highest BCUT2D eigenvalue weighted by molar-refractivity contribution is 5.85. The lowest BCUT2D eigenvalue weighted by Gasteiger charge is -2.21. The Morgan fingerprint density at radius 3 is 2.45 bits per heavy atom. The van der Waals surface area contributed by atoms with E-state index < -0.39 is 29.0 Å². The number of carbonyl (C=O) groups excluding carboxylic acids is 1. The van der Waals surface area contributed by atoms with Crippen molar-refractivity contribution in [2.45, 2.75) is 18.8 Å². The normalized spacial score (nSPS) is 36.2. The second-order valence-corrected chi connectivity index (χ2v) is 6.29. The van der Waals surface area contributed by atoms with Crippen LogP contribution in [0.2, 0.25) is 0 Å². The van der Waals surface area contributed by atoms with Crippen LogP contribution in [0.3, 0.4) is 0 Å². The van der Waals surface area contributed by atoms with Crippen molar-refractivity contribution in [3.63, 3.8) is 0 Å². The lowest BCUT2D eigenvalue weighted by atomic mass is 9.99. The van der Waals surface area contributed by atoms with E-state index in [-0.39, 0.29) is 30.8 Å². The maximum Gasteiger partial charge on any atom is 0.318 e. The highest BCUT2D eigenvalue weighted by atomic mass is 19.3. The van der Waals surface area contributed by atoms with Gasteiger partial charge in [-0.3, -0.25) is 4.79 Å². The minimum atomic E-state index is -2.94. The number of benzene rings is 1. The molecule has 4 bridgehead atoms. The monoisotopic (exact) mass is 312 g/mol. The van der Waals surface area contributed by atoms with Crippen LogP contribution in [0.15, 0.2) is 24.3 Å². The Morgan fingerprint density at radius 2 is 1.86 bits per heavy atom. The Balaban J connectivity index is 1.33. The fourth-order valence-electron chi connectivity index (χ4n) is 4.48. The molecule has 2 atom stereocenters. The van der Waals surface area contributed by atoms with Crippen molar-refractivity contribution in [1.82, 2.24) is 0 Å². The van der Waals surface area contributed by atoms with E-state index in [9.17, 15) is 18.0 Å². The summed E-state index contributed by atoms with van der Waals surface area (Å²) in [5.41, 5.74) is -1.57. The average molecular weight is 312 g/mol. The van der Waals surface area contributed by atoms with Gasteiger partial charge in [-0.2, -0.15) is 0 Å². The van der Waals surface area contributed by atoms with Gasteiger partial charge in [0.05, 0.1) is 0 Å². The molecule has 4 aliphatic carbocycles. The van der Waals surface area contributed by atoms with Gasteiger partial charge >= 0.3 is 5.97 Å². The maximum atomic E-state index is 14.2. The molecule has 5 rings (SSSR count). The Bertz CT molecular complexity index is 619. The van der Waals surface area contributed by atoms with Crippen LogP contribution in [0.5, 0.6) is 5.75 Å². The van der Waals surface area contributed by atoms with Crippen LogP contribution in [0.4, 0.5) is 13.2 Å². The van der Waals surface area contributed by atoms with E-state index in [4.69, 9.17) is 9.47 Å². The predicted octanol–water partition coefficient (Wildman–Crippen LogP) is 3.04. The third-order valence-corrected chi connectivity index (χ3v) is 5.44. The van der Waals surface area contributed by atoms with Gasteiger partial charge in [0.1, 0.15) is 18.6 Å². The topological polar surface area (TPSA) is 35.5 Å². The summed E-state index contributed by atoms with van der Waals surface area (Å²) < 4.78 is 51.8. The molecule has 1 aromatic rings.